The molecule has 0 aromatic rings. The summed E-state index contributed by atoms with van der Waals surface area (Å²) >= 11 is 0. The summed E-state index contributed by atoms with van der Waals surface area (Å²) in [7, 11) is 0. The Bertz CT molecular complexity index is 916. The van der Waals surface area contributed by atoms with Crippen molar-refractivity contribution in [3.8, 4) is 0 Å². The fraction of sp³-hybridized carbons (Fsp3) is 0.906. The maximum Gasteiger partial charge on any atom is 0.306 e. The standard InChI is InChI=1S/C53H100O6/c1-4-7-10-13-16-19-21-23-24-25-26-27-28-30-31-34-37-40-43-46-52(55)58-49-50(48-57-51(54)45-42-39-36-33-18-15-12-9-6-3)59-53(56)47-44-41-38-35-32-29-22-20-17-14-11-8-5-2/h29,32,50H,4-28,30-31,33-49H2,1-3H3/b32-29-. The van der Waals surface area contributed by atoms with Crippen LogP contribution in [0, 0.1) is 0 Å². The van der Waals surface area contributed by atoms with Gasteiger partial charge in [-0.2, -0.15) is 0 Å². The largest absolute Gasteiger partial charge is 0.462 e. The zero-order chi connectivity index (χ0) is 43.0. The van der Waals surface area contributed by atoms with Crippen molar-refractivity contribution in [3.63, 3.8) is 0 Å². The van der Waals surface area contributed by atoms with Crippen LogP contribution in [-0.2, 0) is 28.6 Å². The molecule has 0 aliphatic heterocycles. The molecule has 0 aromatic carbocycles. The van der Waals surface area contributed by atoms with Crippen LogP contribution in [0.5, 0.6) is 0 Å². The van der Waals surface area contributed by atoms with Gasteiger partial charge in [0, 0.05) is 19.3 Å². The number of esters is 3. The monoisotopic (exact) mass is 833 g/mol. The van der Waals surface area contributed by atoms with Crippen LogP contribution in [0.2, 0.25) is 0 Å². The molecule has 0 aliphatic carbocycles. The summed E-state index contributed by atoms with van der Waals surface area (Å²) in [5.74, 6) is -0.874. The summed E-state index contributed by atoms with van der Waals surface area (Å²) in [6, 6.07) is 0. The molecule has 0 radical (unpaired) electrons. The van der Waals surface area contributed by atoms with E-state index in [1.807, 2.05) is 0 Å². The molecule has 0 N–H and O–H groups in total. The molecule has 0 bridgehead atoms. The third-order valence-electron chi connectivity index (χ3n) is 11.8. The van der Waals surface area contributed by atoms with E-state index < -0.39 is 6.10 Å². The van der Waals surface area contributed by atoms with Gasteiger partial charge >= 0.3 is 17.9 Å². The quantitative estimate of drug-likeness (QED) is 0.0263. The summed E-state index contributed by atoms with van der Waals surface area (Å²) in [5.41, 5.74) is 0. The zero-order valence-electron chi connectivity index (χ0n) is 39.8. The molecule has 0 aromatic heterocycles. The van der Waals surface area contributed by atoms with E-state index in [0.29, 0.717) is 19.3 Å². The zero-order valence-corrected chi connectivity index (χ0v) is 39.8. The summed E-state index contributed by atoms with van der Waals surface area (Å²) in [5, 5.41) is 0. The summed E-state index contributed by atoms with van der Waals surface area (Å²) in [6.45, 7) is 6.63. The molecule has 0 amide bonds. The Labute approximate surface area is 367 Å². The van der Waals surface area contributed by atoms with Gasteiger partial charge in [0.15, 0.2) is 6.10 Å². The molecule has 0 fully saturated rings. The van der Waals surface area contributed by atoms with E-state index in [2.05, 4.69) is 32.9 Å². The normalized spacial score (nSPS) is 12.0. The molecular formula is C53H100O6. The molecule has 6 nitrogen and oxygen atoms in total. The van der Waals surface area contributed by atoms with Gasteiger partial charge in [0.1, 0.15) is 13.2 Å². The van der Waals surface area contributed by atoms with Gasteiger partial charge in [-0.25, -0.2) is 0 Å². The minimum absolute atomic E-state index is 0.0710. The Morgan fingerprint density at radius 3 is 0.864 bits per heavy atom. The SMILES string of the molecule is CCCCCCCC/C=C\CCCCCC(=O)OC(COC(=O)CCCCCCCCCCC)COC(=O)CCCCCCCCCCCCCCCCCCCCC. The van der Waals surface area contributed by atoms with Gasteiger partial charge in [0.25, 0.3) is 0 Å². The molecule has 0 aliphatic rings. The van der Waals surface area contributed by atoms with Gasteiger partial charge in [0.05, 0.1) is 0 Å². The molecule has 0 spiro atoms. The highest BCUT2D eigenvalue weighted by Gasteiger charge is 2.19. The predicted octanol–water partition coefficient (Wildman–Crippen LogP) is 17.0. The fourth-order valence-corrected chi connectivity index (χ4v) is 7.79. The molecule has 0 rings (SSSR count). The van der Waals surface area contributed by atoms with Crippen LogP contribution in [0.4, 0.5) is 0 Å². The number of allylic oxidation sites excluding steroid dienone is 2. The van der Waals surface area contributed by atoms with Gasteiger partial charge < -0.3 is 14.2 Å². The average Bonchev–Trinajstić information content (AvgIpc) is 3.23. The number of unbranched alkanes of at least 4 members (excludes halogenated alkanes) is 35. The van der Waals surface area contributed by atoms with E-state index in [-0.39, 0.29) is 31.1 Å². The Hall–Kier alpha value is -1.85. The topological polar surface area (TPSA) is 78.9 Å². The first-order valence-electron chi connectivity index (χ1n) is 26.2. The Kier molecular flexibility index (Phi) is 47.3. The maximum absolute atomic E-state index is 12.7. The number of carbonyl (C=O) groups is 3. The van der Waals surface area contributed by atoms with Crippen molar-refractivity contribution in [1.29, 1.82) is 0 Å². The van der Waals surface area contributed by atoms with E-state index in [1.165, 1.54) is 180 Å². The second kappa shape index (κ2) is 48.8. The first-order valence-corrected chi connectivity index (χ1v) is 26.2. The van der Waals surface area contributed by atoms with Crippen LogP contribution >= 0.6 is 0 Å². The van der Waals surface area contributed by atoms with E-state index in [9.17, 15) is 14.4 Å². The highest BCUT2D eigenvalue weighted by molar-refractivity contribution is 5.71. The van der Waals surface area contributed by atoms with Crippen LogP contribution in [0.3, 0.4) is 0 Å². The van der Waals surface area contributed by atoms with Crippen LogP contribution in [-0.4, -0.2) is 37.2 Å². The van der Waals surface area contributed by atoms with Crippen LogP contribution < -0.4 is 0 Å². The number of hydrogen-bond donors (Lipinski definition) is 0. The molecule has 1 atom stereocenters. The number of hydrogen-bond acceptors (Lipinski definition) is 6. The molecule has 6 heteroatoms. The lowest BCUT2D eigenvalue weighted by molar-refractivity contribution is -0.167. The van der Waals surface area contributed by atoms with Crippen molar-refractivity contribution in [2.75, 3.05) is 13.2 Å². The highest BCUT2D eigenvalue weighted by Crippen LogP contribution is 2.16. The molecule has 0 saturated heterocycles. The van der Waals surface area contributed by atoms with Crippen LogP contribution in [0.25, 0.3) is 0 Å². The fourth-order valence-electron chi connectivity index (χ4n) is 7.79. The first kappa shape index (κ1) is 57.1. The molecule has 0 saturated carbocycles. The van der Waals surface area contributed by atoms with Crippen molar-refractivity contribution < 1.29 is 28.6 Å². The highest BCUT2D eigenvalue weighted by atomic mass is 16.6. The molecule has 348 valence electrons. The summed E-state index contributed by atoms with van der Waals surface area (Å²) < 4.78 is 16.8. The van der Waals surface area contributed by atoms with E-state index in [1.54, 1.807) is 0 Å². The molecular weight excluding hydrogens is 733 g/mol. The second-order valence-corrected chi connectivity index (χ2v) is 17.8. The second-order valence-electron chi connectivity index (χ2n) is 17.8. The summed E-state index contributed by atoms with van der Waals surface area (Å²) in [6.07, 6.45) is 53.5. The summed E-state index contributed by atoms with van der Waals surface area (Å²) in [4.78, 5) is 37.8. The Morgan fingerprint density at radius 2 is 0.559 bits per heavy atom. The lowest BCUT2D eigenvalue weighted by atomic mass is 10.0. The van der Waals surface area contributed by atoms with E-state index in [0.717, 1.165) is 70.6 Å². The number of rotatable bonds is 48. The van der Waals surface area contributed by atoms with Crippen molar-refractivity contribution in [2.45, 2.75) is 297 Å². The smallest absolute Gasteiger partial charge is 0.306 e. The van der Waals surface area contributed by atoms with Gasteiger partial charge in [-0.15, -0.1) is 0 Å². The van der Waals surface area contributed by atoms with Crippen molar-refractivity contribution in [3.05, 3.63) is 12.2 Å². The lowest BCUT2D eigenvalue weighted by Gasteiger charge is -2.18. The average molecular weight is 833 g/mol. The van der Waals surface area contributed by atoms with Gasteiger partial charge in [-0.1, -0.05) is 238 Å². The first-order chi connectivity index (χ1) is 29.0. The van der Waals surface area contributed by atoms with Crippen LogP contribution in [0.15, 0.2) is 12.2 Å². The molecule has 1 unspecified atom stereocenters. The van der Waals surface area contributed by atoms with Crippen molar-refractivity contribution in [1.82, 2.24) is 0 Å². The van der Waals surface area contributed by atoms with E-state index >= 15 is 0 Å². The number of ether oxygens (including phenoxy) is 3. The third-order valence-corrected chi connectivity index (χ3v) is 11.8. The lowest BCUT2D eigenvalue weighted by Crippen LogP contribution is -2.30. The minimum atomic E-state index is -0.770. The molecule has 0 heterocycles. The minimum Gasteiger partial charge on any atom is -0.462 e. The Morgan fingerprint density at radius 1 is 0.322 bits per heavy atom. The molecule has 59 heavy (non-hydrogen) atoms. The van der Waals surface area contributed by atoms with Crippen LogP contribution in [0.1, 0.15) is 290 Å². The Balaban J connectivity index is 4.24. The van der Waals surface area contributed by atoms with Gasteiger partial charge in [-0.05, 0) is 44.9 Å². The number of carbonyl (C=O) groups excluding carboxylic acids is 3. The van der Waals surface area contributed by atoms with Gasteiger partial charge in [0.2, 0.25) is 0 Å². The third kappa shape index (κ3) is 47.1. The predicted molar refractivity (Wildman–Crippen MR) is 252 cm³/mol. The maximum atomic E-state index is 12.7. The van der Waals surface area contributed by atoms with Crippen molar-refractivity contribution >= 4 is 17.9 Å². The van der Waals surface area contributed by atoms with Crippen molar-refractivity contribution in [2.24, 2.45) is 0 Å². The van der Waals surface area contributed by atoms with E-state index in [4.69, 9.17) is 14.2 Å². The van der Waals surface area contributed by atoms with Gasteiger partial charge in [-0.3, -0.25) is 14.4 Å².